The zero-order valence-corrected chi connectivity index (χ0v) is 13.8. The molecule has 0 radical (unpaired) electrons. The van der Waals surface area contributed by atoms with Crippen LogP contribution in [0.5, 0.6) is 0 Å². The van der Waals surface area contributed by atoms with Gasteiger partial charge in [-0.1, -0.05) is 24.6 Å². The third-order valence-corrected chi connectivity index (χ3v) is 5.26. The molecule has 0 aliphatic carbocycles. The molecule has 2 nitrogen and oxygen atoms in total. The first-order valence-corrected chi connectivity index (χ1v) is 8.18. The van der Waals surface area contributed by atoms with Gasteiger partial charge in [0.2, 0.25) is 0 Å². The Morgan fingerprint density at radius 2 is 2.21 bits per heavy atom. The van der Waals surface area contributed by atoms with Crippen molar-refractivity contribution in [2.24, 2.45) is 11.7 Å². The lowest BCUT2D eigenvalue weighted by Crippen LogP contribution is -2.34. The van der Waals surface area contributed by atoms with Crippen LogP contribution in [0.2, 0.25) is 5.02 Å². The first-order chi connectivity index (χ1) is 9.11. The minimum Gasteiger partial charge on any atom is -0.329 e. The molecule has 0 aromatic heterocycles. The monoisotopic (exact) mass is 344 g/mol. The zero-order valence-electron chi connectivity index (χ0n) is 11.4. The van der Waals surface area contributed by atoms with Crippen LogP contribution in [0.25, 0.3) is 0 Å². The van der Waals surface area contributed by atoms with Gasteiger partial charge in [-0.25, -0.2) is 0 Å². The summed E-state index contributed by atoms with van der Waals surface area (Å²) in [4.78, 5) is 2.53. The molecule has 1 saturated heterocycles. The molecule has 1 aliphatic rings. The summed E-state index contributed by atoms with van der Waals surface area (Å²) in [5, 5.41) is 0.754. The fourth-order valence-corrected chi connectivity index (χ4v) is 3.33. The quantitative estimate of drug-likeness (QED) is 0.888. The molecule has 1 aromatic rings. The van der Waals surface area contributed by atoms with Crippen LogP contribution in [-0.2, 0) is 0 Å². The van der Waals surface area contributed by atoms with Crippen molar-refractivity contribution in [3.63, 3.8) is 0 Å². The summed E-state index contributed by atoms with van der Waals surface area (Å²) < 4.78 is 0.952. The lowest BCUT2D eigenvalue weighted by atomic mass is 10.0. The van der Waals surface area contributed by atoms with Crippen molar-refractivity contribution >= 4 is 27.5 Å². The van der Waals surface area contributed by atoms with Crippen molar-refractivity contribution in [2.75, 3.05) is 19.6 Å². The van der Waals surface area contributed by atoms with E-state index >= 15 is 0 Å². The maximum absolute atomic E-state index is 6.07. The van der Waals surface area contributed by atoms with E-state index in [9.17, 15) is 0 Å². The number of hydrogen-bond acceptors (Lipinski definition) is 2. The SMILES string of the molecule is CC1CCCN(C(CN)c2ccc(Cl)c(Br)c2)CC1. The minimum absolute atomic E-state index is 0.305. The van der Waals surface area contributed by atoms with E-state index in [4.69, 9.17) is 17.3 Å². The largest absolute Gasteiger partial charge is 0.329 e. The van der Waals surface area contributed by atoms with Gasteiger partial charge in [-0.2, -0.15) is 0 Å². The summed E-state index contributed by atoms with van der Waals surface area (Å²) in [6.07, 6.45) is 3.87. The van der Waals surface area contributed by atoms with Gasteiger partial charge in [0.25, 0.3) is 0 Å². The molecule has 4 heteroatoms. The number of rotatable bonds is 3. The number of hydrogen-bond donors (Lipinski definition) is 1. The fraction of sp³-hybridized carbons (Fsp3) is 0.600. The van der Waals surface area contributed by atoms with Crippen LogP contribution < -0.4 is 5.73 Å². The first-order valence-electron chi connectivity index (χ1n) is 7.01. The molecule has 106 valence electrons. The molecule has 2 unspecified atom stereocenters. The minimum atomic E-state index is 0.305. The average Bonchev–Trinajstić information content (AvgIpc) is 2.60. The lowest BCUT2D eigenvalue weighted by Gasteiger charge is -2.30. The smallest absolute Gasteiger partial charge is 0.0548 e. The maximum Gasteiger partial charge on any atom is 0.0548 e. The second kappa shape index (κ2) is 7.07. The van der Waals surface area contributed by atoms with Crippen LogP contribution in [0.4, 0.5) is 0 Å². The molecule has 2 rings (SSSR count). The summed E-state index contributed by atoms with van der Waals surface area (Å²) in [7, 11) is 0. The van der Waals surface area contributed by atoms with Gasteiger partial charge in [-0.3, -0.25) is 4.90 Å². The number of likely N-dealkylation sites (tertiary alicyclic amines) is 1. The van der Waals surface area contributed by atoms with E-state index in [1.165, 1.54) is 24.8 Å². The zero-order chi connectivity index (χ0) is 13.8. The van der Waals surface area contributed by atoms with Gasteiger partial charge in [0.05, 0.1) is 5.02 Å². The highest BCUT2D eigenvalue weighted by atomic mass is 79.9. The Hall–Kier alpha value is -0.0900. The third-order valence-electron chi connectivity index (χ3n) is 4.04. The molecule has 2 atom stereocenters. The van der Waals surface area contributed by atoms with E-state index in [2.05, 4.69) is 39.9 Å². The molecular weight excluding hydrogens is 324 g/mol. The molecule has 0 spiro atoms. The van der Waals surface area contributed by atoms with E-state index in [1.807, 2.05) is 6.07 Å². The van der Waals surface area contributed by atoms with Crippen molar-refractivity contribution in [3.8, 4) is 0 Å². The summed E-state index contributed by atoms with van der Waals surface area (Å²) in [5.74, 6) is 0.834. The van der Waals surface area contributed by atoms with E-state index in [0.717, 1.165) is 28.5 Å². The first kappa shape index (κ1) is 15.3. The van der Waals surface area contributed by atoms with Crippen molar-refractivity contribution in [1.82, 2.24) is 4.90 Å². The summed E-state index contributed by atoms with van der Waals surface area (Å²) >= 11 is 9.57. The maximum atomic E-state index is 6.07. The molecule has 0 saturated carbocycles. The third kappa shape index (κ3) is 3.94. The molecule has 1 fully saturated rings. The Labute approximate surface area is 129 Å². The van der Waals surface area contributed by atoms with E-state index in [1.54, 1.807) is 0 Å². The van der Waals surface area contributed by atoms with E-state index in [-0.39, 0.29) is 0 Å². The molecule has 0 bridgehead atoms. The Bertz CT molecular complexity index is 425. The van der Waals surface area contributed by atoms with Gasteiger partial charge >= 0.3 is 0 Å². The highest BCUT2D eigenvalue weighted by molar-refractivity contribution is 9.10. The van der Waals surface area contributed by atoms with E-state index in [0.29, 0.717) is 12.6 Å². The van der Waals surface area contributed by atoms with Gasteiger partial charge in [-0.15, -0.1) is 0 Å². The van der Waals surface area contributed by atoms with Crippen molar-refractivity contribution in [2.45, 2.75) is 32.2 Å². The van der Waals surface area contributed by atoms with E-state index < -0.39 is 0 Å². The van der Waals surface area contributed by atoms with Gasteiger partial charge in [0, 0.05) is 17.1 Å². The van der Waals surface area contributed by atoms with Crippen LogP contribution in [0.1, 0.15) is 37.8 Å². The van der Waals surface area contributed by atoms with Crippen LogP contribution >= 0.6 is 27.5 Å². The number of nitrogens with zero attached hydrogens (tertiary/aromatic N) is 1. The Morgan fingerprint density at radius 1 is 1.42 bits per heavy atom. The standard InChI is InChI=1S/C15H22BrClN2/c1-11-3-2-7-19(8-6-11)15(10-18)12-4-5-14(17)13(16)9-12/h4-5,9,11,15H,2-3,6-8,10,18H2,1H3. The van der Waals surface area contributed by atoms with Crippen LogP contribution in [0.15, 0.2) is 22.7 Å². The van der Waals surface area contributed by atoms with Crippen molar-refractivity contribution in [1.29, 1.82) is 0 Å². The van der Waals surface area contributed by atoms with Crippen LogP contribution in [0, 0.1) is 5.92 Å². The molecule has 1 heterocycles. The number of nitrogens with two attached hydrogens (primary N) is 1. The second-order valence-electron chi connectivity index (χ2n) is 5.50. The fourth-order valence-electron chi connectivity index (χ4n) is 2.81. The van der Waals surface area contributed by atoms with Crippen molar-refractivity contribution in [3.05, 3.63) is 33.3 Å². The summed E-state index contributed by atoms with van der Waals surface area (Å²) in [6.45, 7) is 5.29. The normalized spacial score (nSPS) is 23.1. The van der Waals surface area contributed by atoms with Gasteiger partial charge in [0.1, 0.15) is 0 Å². The summed E-state index contributed by atoms with van der Waals surface area (Å²) in [6, 6.07) is 6.45. The van der Waals surface area contributed by atoms with Gasteiger partial charge < -0.3 is 5.73 Å². The van der Waals surface area contributed by atoms with Crippen LogP contribution in [-0.4, -0.2) is 24.5 Å². The molecule has 19 heavy (non-hydrogen) atoms. The Morgan fingerprint density at radius 3 is 2.89 bits per heavy atom. The summed E-state index contributed by atoms with van der Waals surface area (Å²) in [5.41, 5.74) is 7.28. The second-order valence-corrected chi connectivity index (χ2v) is 6.76. The van der Waals surface area contributed by atoms with Gasteiger partial charge in [-0.05, 0) is 71.9 Å². The van der Waals surface area contributed by atoms with Gasteiger partial charge in [0.15, 0.2) is 0 Å². The Kier molecular flexibility index (Phi) is 5.70. The molecule has 2 N–H and O–H groups in total. The number of benzene rings is 1. The molecule has 0 amide bonds. The molecular formula is C15H22BrClN2. The number of halogens is 2. The predicted octanol–water partition coefficient (Wildman–Crippen LogP) is 4.22. The average molecular weight is 346 g/mol. The molecule has 1 aromatic carbocycles. The Balaban J connectivity index is 2.16. The molecule has 1 aliphatic heterocycles. The van der Waals surface area contributed by atoms with Crippen LogP contribution in [0.3, 0.4) is 0 Å². The highest BCUT2D eigenvalue weighted by Crippen LogP contribution is 2.30. The topological polar surface area (TPSA) is 29.3 Å². The highest BCUT2D eigenvalue weighted by Gasteiger charge is 2.22. The predicted molar refractivity (Wildman–Crippen MR) is 85.5 cm³/mol. The lowest BCUT2D eigenvalue weighted by molar-refractivity contribution is 0.207. The van der Waals surface area contributed by atoms with Crippen molar-refractivity contribution < 1.29 is 0 Å².